The summed E-state index contributed by atoms with van der Waals surface area (Å²) in [4.78, 5) is 12.5. The summed E-state index contributed by atoms with van der Waals surface area (Å²) in [6.07, 6.45) is 5.84. The zero-order valence-electron chi connectivity index (χ0n) is 12.1. The van der Waals surface area contributed by atoms with Gasteiger partial charge < -0.3 is 11.1 Å². The maximum absolute atomic E-state index is 12.5. The van der Waals surface area contributed by atoms with Crippen molar-refractivity contribution in [3.8, 4) is 0 Å². The highest BCUT2D eigenvalue weighted by molar-refractivity contribution is 5.95. The molecule has 3 rings (SSSR count). The smallest absolute Gasteiger partial charge is 0.251 e. The molecule has 2 saturated carbocycles. The van der Waals surface area contributed by atoms with Crippen LogP contribution in [-0.4, -0.2) is 18.0 Å². The first-order valence-corrected chi connectivity index (χ1v) is 7.77. The van der Waals surface area contributed by atoms with E-state index in [1.54, 1.807) is 0 Å². The molecule has 1 aromatic carbocycles. The van der Waals surface area contributed by atoms with Gasteiger partial charge in [0.1, 0.15) is 0 Å². The van der Waals surface area contributed by atoms with Crippen LogP contribution in [0.4, 0.5) is 0 Å². The van der Waals surface area contributed by atoms with E-state index in [0.29, 0.717) is 23.9 Å². The predicted octanol–water partition coefficient (Wildman–Crippen LogP) is 2.63. The van der Waals surface area contributed by atoms with Gasteiger partial charge in [-0.05, 0) is 56.1 Å². The molecule has 108 valence electrons. The van der Waals surface area contributed by atoms with Crippen LogP contribution in [0.3, 0.4) is 0 Å². The number of nitrogens with one attached hydrogen (secondary N) is 1. The third-order valence-electron chi connectivity index (χ3n) is 5.06. The Morgan fingerprint density at radius 3 is 2.50 bits per heavy atom. The fraction of sp³-hybridized carbons (Fsp3) is 0.588. The summed E-state index contributed by atoms with van der Waals surface area (Å²) in [7, 11) is 0. The minimum Gasteiger partial charge on any atom is -0.349 e. The zero-order chi connectivity index (χ0) is 14.1. The van der Waals surface area contributed by atoms with Crippen molar-refractivity contribution in [3.05, 3.63) is 35.4 Å². The van der Waals surface area contributed by atoms with Crippen molar-refractivity contribution in [1.29, 1.82) is 0 Å². The van der Waals surface area contributed by atoms with E-state index in [2.05, 4.69) is 5.32 Å². The van der Waals surface area contributed by atoms with Crippen molar-refractivity contribution in [2.75, 3.05) is 0 Å². The van der Waals surface area contributed by atoms with Crippen molar-refractivity contribution in [3.63, 3.8) is 0 Å². The molecule has 2 fully saturated rings. The molecule has 0 saturated heterocycles. The molecule has 0 aromatic heterocycles. The van der Waals surface area contributed by atoms with Crippen molar-refractivity contribution >= 4 is 5.91 Å². The molecule has 2 bridgehead atoms. The van der Waals surface area contributed by atoms with E-state index in [1.807, 2.05) is 31.2 Å². The second kappa shape index (κ2) is 5.57. The van der Waals surface area contributed by atoms with Crippen LogP contribution in [0, 0.1) is 18.8 Å². The SMILES string of the molecule is Cc1ccccc1C(=O)NC1C2CCCC1CC(N)C2. The largest absolute Gasteiger partial charge is 0.349 e. The monoisotopic (exact) mass is 272 g/mol. The van der Waals surface area contributed by atoms with Gasteiger partial charge in [0.05, 0.1) is 0 Å². The Labute approximate surface area is 120 Å². The molecule has 2 aliphatic rings. The van der Waals surface area contributed by atoms with E-state index in [0.717, 1.165) is 24.0 Å². The summed E-state index contributed by atoms with van der Waals surface area (Å²) < 4.78 is 0. The van der Waals surface area contributed by atoms with Crippen LogP contribution < -0.4 is 11.1 Å². The Balaban J connectivity index is 1.74. The van der Waals surface area contributed by atoms with Crippen LogP contribution in [0.1, 0.15) is 48.0 Å². The first-order chi connectivity index (χ1) is 9.65. The molecule has 3 N–H and O–H groups in total. The summed E-state index contributed by atoms with van der Waals surface area (Å²) >= 11 is 0. The number of carbonyl (C=O) groups excluding carboxylic acids is 1. The summed E-state index contributed by atoms with van der Waals surface area (Å²) in [6.45, 7) is 1.99. The number of hydrogen-bond acceptors (Lipinski definition) is 2. The minimum absolute atomic E-state index is 0.0838. The summed E-state index contributed by atoms with van der Waals surface area (Å²) in [5.41, 5.74) is 7.99. The van der Waals surface area contributed by atoms with Gasteiger partial charge in [0.25, 0.3) is 5.91 Å². The maximum Gasteiger partial charge on any atom is 0.251 e. The van der Waals surface area contributed by atoms with Gasteiger partial charge >= 0.3 is 0 Å². The number of benzene rings is 1. The molecule has 0 radical (unpaired) electrons. The molecular formula is C17H24N2O. The molecule has 1 aromatic rings. The average Bonchev–Trinajstić information content (AvgIpc) is 2.40. The highest BCUT2D eigenvalue weighted by Gasteiger charge is 2.39. The second-order valence-corrected chi connectivity index (χ2v) is 6.50. The number of carbonyl (C=O) groups is 1. The molecule has 0 heterocycles. The standard InChI is InChI=1S/C17H24N2O/c1-11-5-2-3-8-15(11)17(20)19-16-12-6-4-7-13(16)10-14(18)9-12/h2-3,5,8,12-14,16H,4,6-7,9-10,18H2,1H3,(H,19,20). The van der Waals surface area contributed by atoms with Crippen molar-refractivity contribution < 1.29 is 4.79 Å². The van der Waals surface area contributed by atoms with Gasteiger partial charge in [-0.1, -0.05) is 24.6 Å². The minimum atomic E-state index is 0.0838. The van der Waals surface area contributed by atoms with Crippen LogP contribution in [0.2, 0.25) is 0 Å². The highest BCUT2D eigenvalue weighted by Crippen LogP contribution is 2.39. The lowest BCUT2D eigenvalue weighted by Crippen LogP contribution is -2.53. The van der Waals surface area contributed by atoms with E-state index >= 15 is 0 Å². The van der Waals surface area contributed by atoms with E-state index in [-0.39, 0.29) is 5.91 Å². The maximum atomic E-state index is 12.5. The van der Waals surface area contributed by atoms with Gasteiger partial charge in [0.2, 0.25) is 0 Å². The van der Waals surface area contributed by atoms with Gasteiger partial charge in [0, 0.05) is 17.6 Å². The van der Waals surface area contributed by atoms with E-state index in [1.165, 1.54) is 19.3 Å². The van der Waals surface area contributed by atoms with Gasteiger partial charge in [-0.25, -0.2) is 0 Å². The number of fused-ring (bicyclic) bond motifs is 2. The Hall–Kier alpha value is -1.35. The molecule has 0 spiro atoms. The molecule has 2 aliphatic carbocycles. The summed E-state index contributed by atoms with van der Waals surface area (Å²) in [6, 6.07) is 8.47. The second-order valence-electron chi connectivity index (χ2n) is 6.50. The molecule has 20 heavy (non-hydrogen) atoms. The molecule has 1 amide bonds. The van der Waals surface area contributed by atoms with E-state index in [9.17, 15) is 4.79 Å². The van der Waals surface area contributed by atoms with Crippen LogP contribution in [0.15, 0.2) is 24.3 Å². The number of hydrogen-bond donors (Lipinski definition) is 2. The molecule has 3 nitrogen and oxygen atoms in total. The van der Waals surface area contributed by atoms with Gasteiger partial charge in [-0.3, -0.25) is 4.79 Å². The Morgan fingerprint density at radius 2 is 1.85 bits per heavy atom. The number of nitrogens with two attached hydrogens (primary N) is 1. The first kappa shape index (κ1) is 13.6. The lowest BCUT2D eigenvalue weighted by Gasteiger charge is -2.45. The number of amides is 1. The Morgan fingerprint density at radius 1 is 1.20 bits per heavy atom. The third kappa shape index (κ3) is 2.59. The van der Waals surface area contributed by atoms with Crippen molar-refractivity contribution in [1.82, 2.24) is 5.32 Å². The van der Waals surface area contributed by atoms with Crippen molar-refractivity contribution in [2.45, 2.75) is 51.1 Å². The summed E-state index contributed by atoms with van der Waals surface area (Å²) in [5.74, 6) is 1.23. The van der Waals surface area contributed by atoms with Gasteiger partial charge in [-0.15, -0.1) is 0 Å². The first-order valence-electron chi connectivity index (χ1n) is 7.77. The predicted molar refractivity (Wildman–Crippen MR) is 80.5 cm³/mol. The fourth-order valence-corrected chi connectivity index (χ4v) is 4.08. The topological polar surface area (TPSA) is 55.1 Å². The summed E-state index contributed by atoms with van der Waals surface area (Å²) in [5, 5.41) is 3.30. The molecule has 2 atom stereocenters. The number of rotatable bonds is 2. The molecule has 3 heteroatoms. The lowest BCUT2D eigenvalue weighted by molar-refractivity contribution is 0.0755. The fourth-order valence-electron chi connectivity index (χ4n) is 4.08. The number of aryl methyl sites for hydroxylation is 1. The van der Waals surface area contributed by atoms with E-state index in [4.69, 9.17) is 5.73 Å². The zero-order valence-corrected chi connectivity index (χ0v) is 12.1. The van der Waals surface area contributed by atoms with E-state index < -0.39 is 0 Å². The van der Waals surface area contributed by atoms with Crippen LogP contribution in [0.25, 0.3) is 0 Å². The van der Waals surface area contributed by atoms with Crippen LogP contribution >= 0.6 is 0 Å². The van der Waals surface area contributed by atoms with Gasteiger partial charge in [-0.2, -0.15) is 0 Å². The average molecular weight is 272 g/mol. The third-order valence-corrected chi connectivity index (χ3v) is 5.06. The molecular weight excluding hydrogens is 248 g/mol. The Kier molecular flexibility index (Phi) is 3.79. The quantitative estimate of drug-likeness (QED) is 0.869. The highest BCUT2D eigenvalue weighted by atomic mass is 16.1. The molecule has 2 unspecified atom stereocenters. The van der Waals surface area contributed by atoms with Crippen molar-refractivity contribution in [2.24, 2.45) is 17.6 Å². The lowest BCUT2D eigenvalue weighted by atomic mass is 9.67. The van der Waals surface area contributed by atoms with Gasteiger partial charge in [0.15, 0.2) is 0 Å². The molecule has 0 aliphatic heterocycles. The van der Waals surface area contributed by atoms with Crippen LogP contribution in [0.5, 0.6) is 0 Å². The Bertz CT molecular complexity index is 486. The van der Waals surface area contributed by atoms with Crippen LogP contribution in [-0.2, 0) is 0 Å². The normalized spacial score (nSPS) is 32.7.